The first-order valence-electron chi connectivity index (χ1n) is 26.3. The van der Waals surface area contributed by atoms with E-state index < -0.39 is 5.41 Å². The molecule has 0 saturated carbocycles. The number of benzene rings is 13. The molecule has 0 aliphatic heterocycles. The average molecular weight is 950 g/mol. The summed E-state index contributed by atoms with van der Waals surface area (Å²) in [4.78, 5) is 2.53. The molecule has 13 aromatic carbocycles. The van der Waals surface area contributed by atoms with Gasteiger partial charge in [-0.2, -0.15) is 0 Å². The van der Waals surface area contributed by atoms with Gasteiger partial charge in [-0.1, -0.05) is 243 Å². The van der Waals surface area contributed by atoms with E-state index in [0.717, 1.165) is 17.1 Å². The lowest BCUT2D eigenvalue weighted by molar-refractivity contribution is 0.793. The van der Waals surface area contributed by atoms with Crippen LogP contribution in [0.1, 0.15) is 44.9 Å². The van der Waals surface area contributed by atoms with E-state index in [-0.39, 0.29) is 5.92 Å². The molecule has 348 valence electrons. The molecule has 0 bridgehead atoms. The maximum atomic E-state index is 2.53. The van der Waals surface area contributed by atoms with E-state index in [1.165, 1.54) is 127 Å². The molecule has 0 amide bonds. The molecule has 0 N–H and O–H groups in total. The van der Waals surface area contributed by atoms with Gasteiger partial charge in [0.1, 0.15) is 0 Å². The van der Waals surface area contributed by atoms with Crippen LogP contribution < -0.4 is 4.90 Å². The molecule has 0 saturated heterocycles. The molecule has 1 atom stereocenters. The van der Waals surface area contributed by atoms with Gasteiger partial charge in [0.15, 0.2) is 0 Å². The van der Waals surface area contributed by atoms with Crippen molar-refractivity contribution in [2.75, 3.05) is 4.90 Å². The molecule has 3 aliphatic rings. The fraction of sp³-hybridized carbons (Fsp3) is 0.0270. The zero-order valence-corrected chi connectivity index (χ0v) is 41.1. The summed E-state index contributed by atoms with van der Waals surface area (Å²) in [7, 11) is 0. The SMILES string of the molecule is c1ccc(C2c3ccccc3-c3c(-c4cccc(-c5ccc(N(c6ccc7c(c6)C6(c8ccccc8-c8ccccc86)c6ccccc6-7)c6cccc7c8ccccc8c8ccccc8c67)cc5)c4)cccc32)cc1. The predicted octanol–water partition coefficient (Wildman–Crippen LogP) is 19.5. The number of hydrogen-bond acceptors (Lipinski definition) is 1. The van der Waals surface area contributed by atoms with Crippen LogP contribution in [-0.4, -0.2) is 0 Å². The highest BCUT2D eigenvalue weighted by Gasteiger charge is 2.51. The van der Waals surface area contributed by atoms with Crippen LogP contribution in [-0.2, 0) is 5.41 Å². The third-order valence-corrected chi connectivity index (χ3v) is 16.9. The molecule has 0 heterocycles. The molecule has 0 radical (unpaired) electrons. The molecule has 0 fully saturated rings. The van der Waals surface area contributed by atoms with Gasteiger partial charge in [0.05, 0.1) is 11.1 Å². The molecule has 3 aliphatic carbocycles. The fourth-order valence-electron chi connectivity index (χ4n) is 13.9. The minimum absolute atomic E-state index is 0.200. The summed E-state index contributed by atoms with van der Waals surface area (Å²) in [5.41, 5.74) is 25.0. The molecule has 75 heavy (non-hydrogen) atoms. The van der Waals surface area contributed by atoms with Crippen molar-refractivity contribution >= 4 is 49.4 Å². The lowest BCUT2D eigenvalue weighted by Gasteiger charge is -2.32. The standard InChI is InChI=1S/C74H47N/c1-2-19-48(20-3-1)71-63-30-8-9-31-64(63)72-53(32-17-34-65(71)72)50-22-16-21-49(45-50)47-39-41-51(42-40-47)75(70-38-18-33-62-56-24-5-4-23-54(56)55-25-6-7-29-61(55)73(62)70)52-43-44-60-59-28-12-15-37-68(59)74(69(60)46-52)66-35-13-10-26-57(66)58-27-11-14-36-67(58)74/h1-46,71H. The topological polar surface area (TPSA) is 3.24 Å². The van der Waals surface area contributed by atoms with E-state index in [1.54, 1.807) is 0 Å². The average Bonchev–Trinajstić information content (AvgIpc) is 4.18. The predicted molar refractivity (Wildman–Crippen MR) is 314 cm³/mol. The van der Waals surface area contributed by atoms with Crippen molar-refractivity contribution in [2.24, 2.45) is 0 Å². The minimum atomic E-state index is -0.471. The van der Waals surface area contributed by atoms with E-state index in [0.29, 0.717) is 0 Å². The van der Waals surface area contributed by atoms with Crippen molar-refractivity contribution < 1.29 is 0 Å². The van der Waals surface area contributed by atoms with Crippen LogP contribution in [0.4, 0.5) is 17.1 Å². The normalized spacial score (nSPS) is 14.1. The minimum Gasteiger partial charge on any atom is -0.310 e. The Morgan fingerprint density at radius 2 is 0.760 bits per heavy atom. The number of hydrogen-bond donors (Lipinski definition) is 0. The van der Waals surface area contributed by atoms with Crippen LogP contribution in [0.15, 0.2) is 279 Å². The van der Waals surface area contributed by atoms with Crippen molar-refractivity contribution in [1.29, 1.82) is 0 Å². The Balaban J connectivity index is 0.886. The van der Waals surface area contributed by atoms with Crippen LogP contribution in [0, 0.1) is 0 Å². The Morgan fingerprint density at radius 1 is 0.280 bits per heavy atom. The summed E-state index contributed by atoms with van der Waals surface area (Å²) in [6.45, 7) is 0. The summed E-state index contributed by atoms with van der Waals surface area (Å²) in [5, 5.41) is 7.52. The smallest absolute Gasteiger partial charge is 0.0726 e. The van der Waals surface area contributed by atoms with E-state index >= 15 is 0 Å². The lowest BCUT2D eigenvalue weighted by atomic mass is 9.70. The van der Waals surface area contributed by atoms with Gasteiger partial charge in [0.2, 0.25) is 0 Å². The second kappa shape index (κ2) is 16.2. The lowest BCUT2D eigenvalue weighted by Crippen LogP contribution is -2.26. The number of rotatable bonds is 6. The number of nitrogens with zero attached hydrogens (tertiary/aromatic N) is 1. The first kappa shape index (κ1) is 42.0. The number of anilines is 3. The van der Waals surface area contributed by atoms with Crippen molar-refractivity contribution in [3.05, 3.63) is 318 Å². The van der Waals surface area contributed by atoms with E-state index in [1.807, 2.05) is 0 Å². The summed E-state index contributed by atoms with van der Waals surface area (Å²) in [6.07, 6.45) is 0. The van der Waals surface area contributed by atoms with Crippen LogP contribution in [0.3, 0.4) is 0 Å². The first-order valence-corrected chi connectivity index (χ1v) is 26.3. The van der Waals surface area contributed by atoms with Gasteiger partial charge in [-0.25, -0.2) is 0 Å². The third kappa shape index (κ3) is 5.95. The quantitative estimate of drug-likeness (QED) is 0.150. The van der Waals surface area contributed by atoms with Crippen LogP contribution in [0.5, 0.6) is 0 Å². The highest BCUT2D eigenvalue weighted by atomic mass is 15.1. The van der Waals surface area contributed by atoms with Gasteiger partial charge in [0.25, 0.3) is 0 Å². The Kier molecular flexibility index (Phi) is 9.08. The molecular formula is C74H47N. The third-order valence-electron chi connectivity index (χ3n) is 16.9. The molecule has 1 nitrogen and oxygen atoms in total. The molecule has 1 unspecified atom stereocenters. The summed E-state index contributed by atoms with van der Waals surface area (Å²) in [5.74, 6) is 0.200. The molecule has 1 heteroatoms. The van der Waals surface area contributed by atoms with Gasteiger partial charge in [-0.3, -0.25) is 0 Å². The zero-order chi connectivity index (χ0) is 49.2. The van der Waals surface area contributed by atoms with Crippen molar-refractivity contribution in [2.45, 2.75) is 11.3 Å². The van der Waals surface area contributed by atoms with Gasteiger partial charge in [-0.15, -0.1) is 0 Å². The van der Waals surface area contributed by atoms with Gasteiger partial charge >= 0.3 is 0 Å². The van der Waals surface area contributed by atoms with E-state index in [4.69, 9.17) is 0 Å². The van der Waals surface area contributed by atoms with Crippen molar-refractivity contribution in [3.8, 4) is 55.6 Å². The maximum absolute atomic E-state index is 2.53. The Bertz CT molecular complexity index is 4380. The number of fused-ring (bicyclic) bond motifs is 19. The highest BCUT2D eigenvalue weighted by molar-refractivity contribution is 6.28. The summed E-state index contributed by atoms with van der Waals surface area (Å²) in [6, 6.07) is 105. The molecule has 16 rings (SSSR count). The Hall–Kier alpha value is -9.56. The summed E-state index contributed by atoms with van der Waals surface area (Å²) >= 11 is 0. The van der Waals surface area contributed by atoms with Gasteiger partial charge in [-0.05, 0) is 158 Å². The second-order valence-electron chi connectivity index (χ2n) is 20.6. The maximum Gasteiger partial charge on any atom is 0.0726 e. The highest BCUT2D eigenvalue weighted by Crippen LogP contribution is 2.63. The molecule has 1 spiro atoms. The van der Waals surface area contributed by atoms with Gasteiger partial charge < -0.3 is 4.90 Å². The van der Waals surface area contributed by atoms with Crippen LogP contribution in [0.25, 0.3) is 88.0 Å². The largest absolute Gasteiger partial charge is 0.310 e. The monoisotopic (exact) mass is 949 g/mol. The summed E-state index contributed by atoms with van der Waals surface area (Å²) < 4.78 is 0. The molecule has 0 aromatic heterocycles. The Morgan fingerprint density at radius 3 is 1.44 bits per heavy atom. The molecular weight excluding hydrogens is 903 g/mol. The fourth-order valence-corrected chi connectivity index (χ4v) is 13.9. The first-order chi connectivity index (χ1) is 37.2. The second-order valence-corrected chi connectivity index (χ2v) is 20.6. The van der Waals surface area contributed by atoms with Crippen molar-refractivity contribution in [1.82, 2.24) is 0 Å². The van der Waals surface area contributed by atoms with Crippen LogP contribution in [0.2, 0.25) is 0 Å². The van der Waals surface area contributed by atoms with E-state index in [2.05, 4.69) is 284 Å². The molecule has 13 aromatic rings. The van der Waals surface area contributed by atoms with Crippen LogP contribution >= 0.6 is 0 Å². The Labute approximate surface area is 436 Å². The zero-order valence-electron chi connectivity index (χ0n) is 41.1. The van der Waals surface area contributed by atoms with Gasteiger partial charge in [0, 0.05) is 22.7 Å². The van der Waals surface area contributed by atoms with Crippen molar-refractivity contribution in [3.63, 3.8) is 0 Å². The van der Waals surface area contributed by atoms with E-state index in [9.17, 15) is 0 Å².